The second-order valence-corrected chi connectivity index (χ2v) is 12.5. The Labute approximate surface area is 196 Å². The van der Waals surface area contributed by atoms with Gasteiger partial charge in [-0.2, -0.15) is 4.31 Å². The van der Waals surface area contributed by atoms with Gasteiger partial charge in [-0.05, 0) is 99.5 Å². The Kier molecular flexibility index (Phi) is 5.85. The van der Waals surface area contributed by atoms with Crippen LogP contribution in [0.2, 0.25) is 0 Å². The highest BCUT2D eigenvalue weighted by Gasteiger charge is 2.54. The lowest BCUT2D eigenvalue weighted by Gasteiger charge is -2.56. The fourth-order valence-electron chi connectivity index (χ4n) is 7.02. The highest BCUT2D eigenvalue weighted by molar-refractivity contribution is 7.89. The largest absolute Gasteiger partial charge is 0.353 e. The van der Waals surface area contributed by atoms with Crippen LogP contribution in [0.3, 0.4) is 0 Å². The van der Waals surface area contributed by atoms with Gasteiger partial charge < -0.3 is 10.6 Å². The number of carbonyl (C=O) groups is 2. The van der Waals surface area contributed by atoms with Gasteiger partial charge >= 0.3 is 0 Å². The lowest BCUT2D eigenvalue weighted by molar-refractivity contribution is -0.147. The standard InChI is InChI=1S/C25H33N3O4S/c1-2-23(29)26-20-3-5-22(6-4-20)33(31,32)28-9-7-21(8-10-28)27-24(30)25-14-17-11-18(15-25)13-19(12-17)16-25/h2-6,17-19,21H,1,7-16H2,(H,26,29)(H,27,30). The summed E-state index contributed by atoms with van der Waals surface area (Å²) in [4.78, 5) is 24.9. The van der Waals surface area contributed by atoms with Gasteiger partial charge in [-0.25, -0.2) is 8.42 Å². The molecule has 0 unspecified atom stereocenters. The van der Waals surface area contributed by atoms with Crippen LogP contribution >= 0.6 is 0 Å². The molecule has 0 spiro atoms. The zero-order chi connectivity index (χ0) is 23.2. The van der Waals surface area contributed by atoms with Crippen LogP contribution in [0, 0.1) is 23.2 Å². The molecule has 178 valence electrons. The number of anilines is 1. The number of nitrogens with zero attached hydrogens (tertiary/aromatic N) is 1. The van der Waals surface area contributed by atoms with Crippen LogP contribution < -0.4 is 10.6 Å². The van der Waals surface area contributed by atoms with E-state index in [1.807, 2.05) is 0 Å². The Morgan fingerprint density at radius 1 is 0.970 bits per heavy atom. The van der Waals surface area contributed by atoms with E-state index in [0.29, 0.717) is 31.6 Å². The fraction of sp³-hybridized carbons (Fsp3) is 0.600. The summed E-state index contributed by atoms with van der Waals surface area (Å²) in [5.74, 6) is 2.06. The van der Waals surface area contributed by atoms with Crippen LogP contribution in [-0.2, 0) is 19.6 Å². The highest BCUT2D eigenvalue weighted by Crippen LogP contribution is 2.60. The predicted molar refractivity (Wildman–Crippen MR) is 126 cm³/mol. The average molecular weight is 472 g/mol. The Hall–Kier alpha value is -2.19. The van der Waals surface area contributed by atoms with E-state index in [1.54, 1.807) is 12.1 Å². The molecule has 1 aromatic rings. The predicted octanol–water partition coefficient (Wildman–Crippen LogP) is 3.30. The number of hydrogen-bond acceptors (Lipinski definition) is 4. The van der Waals surface area contributed by atoms with Crippen molar-refractivity contribution in [1.29, 1.82) is 0 Å². The molecule has 0 radical (unpaired) electrons. The minimum atomic E-state index is -3.61. The molecule has 2 amide bonds. The van der Waals surface area contributed by atoms with Gasteiger partial charge in [-0.3, -0.25) is 9.59 Å². The highest BCUT2D eigenvalue weighted by atomic mass is 32.2. The minimum Gasteiger partial charge on any atom is -0.353 e. The first-order chi connectivity index (χ1) is 15.8. The van der Waals surface area contributed by atoms with E-state index in [2.05, 4.69) is 17.2 Å². The van der Waals surface area contributed by atoms with Gasteiger partial charge in [0, 0.05) is 30.2 Å². The zero-order valence-corrected chi connectivity index (χ0v) is 19.8. The molecule has 4 bridgehead atoms. The number of hydrogen-bond donors (Lipinski definition) is 2. The number of amides is 2. The third kappa shape index (κ3) is 4.35. The molecule has 1 aliphatic heterocycles. The molecule has 4 aliphatic carbocycles. The summed E-state index contributed by atoms with van der Waals surface area (Å²) >= 11 is 0. The molecule has 1 heterocycles. The van der Waals surface area contributed by atoms with Gasteiger partial charge in [0.15, 0.2) is 0 Å². The molecule has 0 aromatic heterocycles. The van der Waals surface area contributed by atoms with Crippen molar-refractivity contribution in [3.63, 3.8) is 0 Å². The molecule has 5 aliphatic rings. The summed E-state index contributed by atoms with van der Waals surface area (Å²) in [6.07, 6.45) is 9.48. The van der Waals surface area contributed by atoms with Gasteiger partial charge in [0.1, 0.15) is 0 Å². The van der Waals surface area contributed by atoms with Crippen molar-refractivity contribution in [2.24, 2.45) is 23.2 Å². The number of sulfonamides is 1. The van der Waals surface area contributed by atoms with E-state index in [0.717, 1.165) is 43.1 Å². The Balaban J connectivity index is 1.17. The SMILES string of the molecule is C=CC(=O)Nc1ccc(S(=O)(=O)N2CCC(NC(=O)C34CC5CC(CC(C5)C3)C4)CC2)cc1. The maximum Gasteiger partial charge on any atom is 0.247 e. The van der Waals surface area contributed by atoms with Crippen LogP contribution in [-0.4, -0.2) is 43.7 Å². The summed E-state index contributed by atoms with van der Waals surface area (Å²) in [5.41, 5.74) is 0.353. The van der Waals surface area contributed by atoms with Crippen molar-refractivity contribution in [1.82, 2.24) is 9.62 Å². The van der Waals surface area contributed by atoms with Crippen molar-refractivity contribution in [3.8, 4) is 0 Å². The number of nitrogens with one attached hydrogen (secondary N) is 2. The normalized spacial score (nSPS) is 31.8. The van der Waals surface area contributed by atoms with Crippen LogP contribution in [0.5, 0.6) is 0 Å². The number of carbonyl (C=O) groups excluding carboxylic acids is 2. The molecular formula is C25H33N3O4S. The molecule has 1 aromatic carbocycles. The monoisotopic (exact) mass is 471 g/mol. The van der Waals surface area contributed by atoms with Gasteiger partial charge in [0.25, 0.3) is 0 Å². The van der Waals surface area contributed by atoms with E-state index < -0.39 is 10.0 Å². The quantitative estimate of drug-likeness (QED) is 0.623. The van der Waals surface area contributed by atoms with E-state index in [4.69, 9.17) is 0 Å². The van der Waals surface area contributed by atoms with Crippen LogP contribution in [0.25, 0.3) is 0 Å². The van der Waals surface area contributed by atoms with Gasteiger partial charge in [-0.1, -0.05) is 6.58 Å². The van der Waals surface area contributed by atoms with Gasteiger partial charge in [0.05, 0.1) is 4.90 Å². The van der Waals surface area contributed by atoms with Crippen molar-refractivity contribution in [2.45, 2.75) is 62.3 Å². The average Bonchev–Trinajstić information content (AvgIpc) is 2.79. The third-order valence-corrected chi connectivity index (χ3v) is 10.2. The number of rotatable bonds is 6. The molecule has 0 atom stereocenters. The van der Waals surface area contributed by atoms with Gasteiger partial charge in [0.2, 0.25) is 21.8 Å². The van der Waals surface area contributed by atoms with E-state index in [9.17, 15) is 18.0 Å². The Bertz CT molecular complexity index is 1010. The van der Waals surface area contributed by atoms with Crippen LogP contribution in [0.1, 0.15) is 51.4 Å². The lowest BCUT2D eigenvalue weighted by Crippen LogP contribution is -2.56. The Morgan fingerprint density at radius 3 is 2.03 bits per heavy atom. The first kappa shape index (κ1) is 22.6. The third-order valence-electron chi connectivity index (χ3n) is 8.25. The molecule has 6 rings (SSSR count). The number of benzene rings is 1. The Morgan fingerprint density at radius 2 is 1.52 bits per heavy atom. The first-order valence-corrected chi connectivity index (χ1v) is 13.6. The van der Waals surface area contributed by atoms with Crippen LogP contribution in [0.4, 0.5) is 5.69 Å². The van der Waals surface area contributed by atoms with E-state index >= 15 is 0 Å². The van der Waals surface area contributed by atoms with Crippen molar-refractivity contribution >= 4 is 27.5 Å². The molecular weight excluding hydrogens is 438 g/mol. The molecule has 8 heteroatoms. The summed E-state index contributed by atoms with van der Waals surface area (Å²) < 4.78 is 27.6. The van der Waals surface area contributed by atoms with Gasteiger partial charge in [-0.15, -0.1) is 0 Å². The van der Waals surface area contributed by atoms with Crippen molar-refractivity contribution in [3.05, 3.63) is 36.9 Å². The minimum absolute atomic E-state index is 0.0356. The lowest BCUT2D eigenvalue weighted by atomic mass is 9.49. The molecule has 5 fully saturated rings. The summed E-state index contributed by atoms with van der Waals surface area (Å²) in [7, 11) is -3.61. The van der Waals surface area contributed by atoms with Crippen molar-refractivity contribution in [2.75, 3.05) is 18.4 Å². The van der Waals surface area contributed by atoms with Crippen molar-refractivity contribution < 1.29 is 18.0 Å². The van der Waals surface area contributed by atoms with E-state index in [1.165, 1.54) is 35.7 Å². The molecule has 33 heavy (non-hydrogen) atoms. The maximum atomic E-state index is 13.3. The molecule has 2 N–H and O–H groups in total. The topological polar surface area (TPSA) is 95.6 Å². The number of piperidine rings is 1. The van der Waals surface area contributed by atoms with Crippen LogP contribution in [0.15, 0.2) is 41.8 Å². The first-order valence-electron chi connectivity index (χ1n) is 12.1. The molecule has 4 saturated carbocycles. The summed E-state index contributed by atoms with van der Waals surface area (Å²) in [6.45, 7) is 4.19. The van der Waals surface area contributed by atoms with E-state index in [-0.39, 0.29) is 28.2 Å². The molecule has 1 saturated heterocycles. The second kappa shape index (κ2) is 8.55. The zero-order valence-electron chi connectivity index (χ0n) is 19.0. The smallest absolute Gasteiger partial charge is 0.247 e. The summed E-state index contributed by atoms with van der Waals surface area (Å²) in [5, 5.41) is 5.93. The maximum absolute atomic E-state index is 13.3. The second-order valence-electron chi connectivity index (χ2n) is 10.6. The molecule has 7 nitrogen and oxygen atoms in total. The fourth-order valence-corrected chi connectivity index (χ4v) is 8.49. The summed E-state index contributed by atoms with van der Waals surface area (Å²) in [6, 6.07) is 6.21.